The van der Waals surface area contributed by atoms with Crippen molar-refractivity contribution >= 4 is 29.6 Å². The third kappa shape index (κ3) is 49.6. The van der Waals surface area contributed by atoms with Crippen LogP contribution in [0.4, 0.5) is 0 Å². The molecule has 11 nitrogen and oxygen atoms in total. The van der Waals surface area contributed by atoms with Crippen molar-refractivity contribution in [1.29, 1.82) is 0 Å². The predicted octanol–water partition coefficient (Wildman–Crippen LogP) is 9.26. The summed E-state index contributed by atoms with van der Waals surface area (Å²) in [7, 11) is 0. The Kier molecular flexibility index (Phi) is 45.9. The molecule has 0 atom stereocenters. The van der Waals surface area contributed by atoms with Crippen LogP contribution < -0.4 is 21.9 Å². The second-order valence-electron chi connectivity index (χ2n) is 16.9. The van der Waals surface area contributed by atoms with Crippen molar-refractivity contribution in [2.24, 2.45) is 11.5 Å². The number of unbranched alkanes of at least 4 members (excludes halogenated alkanes) is 28. The van der Waals surface area contributed by atoms with Crippen molar-refractivity contribution in [1.82, 2.24) is 15.1 Å². The molecule has 0 aliphatic rings. The number of carboxylic acid groups (broad SMARTS) is 1. The van der Waals surface area contributed by atoms with Crippen LogP contribution in [0.5, 0.6) is 0 Å². The molecule has 0 aromatic rings. The smallest absolute Gasteiger partial charge is 0.222 e. The van der Waals surface area contributed by atoms with Gasteiger partial charge in [-0.1, -0.05) is 194 Å². The van der Waals surface area contributed by atoms with Crippen molar-refractivity contribution in [2.75, 3.05) is 39.3 Å². The molecule has 11 heteroatoms. The Morgan fingerprint density at radius 1 is 0.424 bits per heavy atom. The van der Waals surface area contributed by atoms with E-state index in [1.807, 2.05) is 9.80 Å². The van der Waals surface area contributed by atoms with E-state index in [4.69, 9.17) is 21.4 Å². The lowest BCUT2D eigenvalue weighted by Gasteiger charge is -2.28. The monoisotopic (exact) mass is 837 g/mol. The van der Waals surface area contributed by atoms with Gasteiger partial charge in [-0.2, -0.15) is 0 Å². The summed E-state index contributed by atoms with van der Waals surface area (Å²) in [6.07, 6.45) is 40.1. The summed E-state index contributed by atoms with van der Waals surface area (Å²) in [5, 5.41) is 11.9. The number of hydrogen-bond acceptors (Lipinski definition) is 7. The molecular formula is C48H94N5O6-. The fourth-order valence-electron chi connectivity index (χ4n) is 7.38. The summed E-state index contributed by atoms with van der Waals surface area (Å²) < 4.78 is 0. The number of nitrogens with one attached hydrogen (secondary N) is 1. The van der Waals surface area contributed by atoms with Crippen LogP contribution in [-0.2, 0) is 24.0 Å². The quantitative estimate of drug-likeness (QED) is 0.0512. The predicted molar refractivity (Wildman–Crippen MR) is 243 cm³/mol. The maximum atomic E-state index is 13.4. The van der Waals surface area contributed by atoms with E-state index < -0.39 is 17.8 Å². The van der Waals surface area contributed by atoms with Gasteiger partial charge < -0.3 is 36.5 Å². The summed E-state index contributed by atoms with van der Waals surface area (Å²) in [5.74, 6) is -1.74. The molecule has 0 aromatic heterocycles. The molecule has 4 amide bonds. The number of carboxylic acids is 1. The Morgan fingerprint density at radius 3 is 1.05 bits per heavy atom. The van der Waals surface area contributed by atoms with Crippen molar-refractivity contribution < 1.29 is 29.1 Å². The normalized spacial score (nSPS) is 11.0. The lowest BCUT2D eigenvalue weighted by molar-refractivity contribution is -0.302. The minimum atomic E-state index is -1.08. The first-order valence-electron chi connectivity index (χ1n) is 24.5. The van der Waals surface area contributed by atoms with Gasteiger partial charge in [0.2, 0.25) is 23.6 Å². The average molecular weight is 837 g/mol. The van der Waals surface area contributed by atoms with E-state index in [1.165, 1.54) is 161 Å². The van der Waals surface area contributed by atoms with E-state index in [0.29, 0.717) is 52.1 Å². The first-order valence-corrected chi connectivity index (χ1v) is 24.5. The third-order valence-electron chi connectivity index (χ3n) is 11.1. The second kappa shape index (κ2) is 46.4. The SMILES string of the molecule is CC(=O)[O-].CCCCCCCCCCCCCCCCCC(=O)NCCN(CCN(CCC(N)=O)CCC(N)=O)C(=O)CCCCCCCCCCCCCCCCC. The Balaban J connectivity index is 0. The molecule has 0 heterocycles. The number of aliphatic carboxylic acids is 1. The molecule has 0 saturated carbocycles. The zero-order chi connectivity index (χ0) is 44.0. The molecule has 0 bridgehead atoms. The van der Waals surface area contributed by atoms with Crippen molar-refractivity contribution in [3.05, 3.63) is 0 Å². The van der Waals surface area contributed by atoms with E-state index in [9.17, 15) is 19.2 Å². The first kappa shape index (κ1) is 58.4. The number of nitrogens with zero attached hydrogens (tertiary/aromatic N) is 2. The molecule has 0 aliphatic carbocycles. The van der Waals surface area contributed by atoms with Gasteiger partial charge in [-0.15, -0.1) is 0 Å². The molecule has 348 valence electrons. The Bertz CT molecular complexity index is 975. The molecule has 5 N–H and O–H groups in total. The van der Waals surface area contributed by atoms with Crippen LogP contribution in [0.15, 0.2) is 0 Å². The second-order valence-corrected chi connectivity index (χ2v) is 16.9. The molecule has 0 spiro atoms. The average Bonchev–Trinajstić information content (AvgIpc) is 3.19. The molecular weight excluding hydrogens is 743 g/mol. The van der Waals surface area contributed by atoms with Gasteiger partial charge in [0.05, 0.1) is 0 Å². The standard InChI is InChI=1S/C46H91N5O4.C2H4O2/c1-3-5-7-9-11-13-15-17-19-21-23-25-27-29-31-33-45(54)49-37-40-51(42-41-50(38-35-43(47)52)39-36-44(48)53)46(55)34-32-30-28-26-24-22-20-18-16-14-12-10-8-6-4-2;1-2(3)4/h3-42H2,1-2H3,(H2,47,52)(H2,48,53)(H,49,54);1H3,(H,3,4)/p-1. The van der Waals surface area contributed by atoms with E-state index in [-0.39, 0.29) is 24.7 Å². The van der Waals surface area contributed by atoms with Crippen molar-refractivity contribution in [3.63, 3.8) is 0 Å². The minimum Gasteiger partial charge on any atom is -0.550 e. The summed E-state index contributed by atoms with van der Waals surface area (Å²) in [6, 6.07) is 0. The third-order valence-corrected chi connectivity index (χ3v) is 11.1. The molecule has 0 unspecified atom stereocenters. The molecule has 0 radical (unpaired) electrons. The fraction of sp³-hybridized carbons (Fsp3) is 0.896. The number of amides is 4. The number of carbonyl (C=O) groups is 5. The zero-order valence-corrected chi connectivity index (χ0v) is 38.8. The van der Waals surface area contributed by atoms with E-state index in [2.05, 4.69) is 19.2 Å². The Morgan fingerprint density at radius 2 is 0.729 bits per heavy atom. The van der Waals surface area contributed by atoms with E-state index in [0.717, 1.165) is 39.0 Å². The molecule has 0 aromatic carbocycles. The van der Waals surface area contributed by atoms with Crippen molar-refractivity contribution in [2.45, 2.75) is 239 Å². The van der Waals surface area contributed by atoms with Gasteiger partial charge in [0.25, 0.3) is 0 Å². The highest BCUT2D eigenvalue weighted by molar-refractivity contribution is 5.77. The minimum absolute atomic E-state index is 0.0500. The highest BCUT2D eigenvalue weighted by Crippen LogP contribution is 2.16. The first-order chi connectivity index (χ1) is 28.5. The summed E-state index contributed by atoms with van der Waals surface area (Å²) in [6.45, 7) is 8.19. The Hall–Kier alpha value is -2.69. The number of primary amides is 2. The summed E-state index contributed by atoms with van der Waals surface area (Å²) >= 11 is 0. The summed E-state index contributed by atoms with van der Waals surface area (Å²) in [5.41, 5.74) is 10.8. The number of hydrogen-bond donors (Lipinski definition) is 3. The van der Waals surface area contributed by atoms with Crippen LogP contribution in [0, 0.1) is 0 Å². The molecule has 0 aliphatic heterocycles. The Labute approximate surface area is 362 Å². The molecule has 0 fully saturated rings. The zero-order valence-electron chi connectivity index (χ0n) is 38.8. The van der Waals surface area contributed by atoms with Crippen molar-refractivity contribution in [3.8, 4) is 0 Å². The number of rotatable bonds is 44. The molecule has 59 heavy (non-hydrogen) atoms. The van der Waals surface area contributed by atoms with Crippen LogP contribution in [0.25, 0.3) is 0 Å². The van der Waals surface area contributed by atoms with Gasteiger partial charge in [-0.3, -0.25) is 19.2 Å². The molecule has 0 rings (SSSR count). The van der Waals surface area contributed by atoms with Gasteiger partial charge in [-0.05, 0) is 19.8 Å². The number of carbonyl (C=O) groups excluding carboxylic acids is 5. The van der Waals surface area contributed by atoms with E-state index in [1.54, 1.807) is 0 Å². The van der Waals surface area contributed by atoms with Gasteiger partial charge in [-0.25, -0.2) is 0 Å². The van der Waals surface area contributed by atoms with Crippen LogP contribution >= 0.6 is 0 Å². The number of nitrogens with two attached hydrogens (primary N) is 2. The van der Waals surface area contributed by atoms with Gasteiger partial charge in [0, 0.05) is 70.9 Å². The molecule has 0 saturated heterocycles. The lowest BCUT2D eigenvalue weighted by Crippen LogP contribution is -2.43. The lowest BCUT2D eigenvalue weighted by atomic mass is 10.0. The van der Waals surface area contributed by atoms with Gasteiger partial charge >= 0.3 is 0 Å². The van der Waals surface area contributed by atoms with Gasteiger partial charge in [0.1, 0.15) is 0 Å². The van der Waals surface area contributed by atoms with Crippen LogP contribution in [0.3, 0.4) is 0 Å². The van der Waals surface area contributed by atoms with E-state index >= 15 is 0 Å². The fourth-order valence-corrected chi connectivity index (χ4v) is 7.38. The van der Waals surface area contributed by atoms with Crippen LogP contribution in [0.2, 0.25) is 0 Å². The highest BCUT2D eigenvalue weighted by atomic mass is 16.4. The maximum Gasteiger partial charge on any atom is 0.222 e. The topological polar surface area (TPSA) is 179 Å². The maximum absolute atomic E-state index is 13.4. The van der Waals surface area contributed by atoms with Crippen LogP contribution in [0.1, 0.15) is 239 Å². The van der Waals surface area contributed by atoms with Gasteiger partial charge in [0.15, 0.2) is 0 Å². The highest BCUT2D eigenvalue weighted by Gasteiger charge is 2.16. The summed E-state index contributed by atoms with van der Waals surface area (Å²) in [4.78, 5) is 61.5. The largest absolute Gasteiger partial charge is 0.550 e. The van der Waals surface area contributed by atoms with Crippen LogP contribution in [-0.4, -0.2) is 78.7 Å².